The summed E-state index contributed by atoms with van der Waals surface area (Å²) in [5, 5.41) is 4.34. The van der Waals surface area contributed by atoms with E-state index in [1.54, 1.807) is 6.21 Å². The van der Waals surface area contributed by atoms with Gasteiger partial charge in [-0.3, -0.25) is 0 Å². The first-order chi connectivity index (χ1) is 15.1. The predicted molar refractivity (Wildman–Crippen MR) is 128 cm³/mol. The van der Waals surface area contributed by atoms with Gasteiger partial charge in [-0.15, -0.1) is 0 Å². The molecule has 0 bridgehead atoms. The zero-order valence-electron chi connectivity index (χ0n) is 17.4. The van der Waals surface area contributed by atoms with E-state index in [2.05, 4.69) is 31.4 Å². The third-order valence-corrected chi connectivity index (χ3v) is 5.27. The summed E-state index contributed by atoms with van der Waals surface area (Å²) in [6, 6.07) is 21.8. The second-order valence-electron chi connectivity index (χ2n) is 6.91. The Morgan fingerprint density at radius 1 is 1.03 bits per heavy atom. The van der Waals surface area contributed by atoms with Crippen LogP contribution in [0.3, 0.4) is 0 Å². The number of aryl methyl sites for hydroxylation is 1. The fraction of sp³-hybridized carbons (Fsp3) is 0.167. The summed E-state index contributed by atoms with van der Waals surface area (Å²) < 4.78 is 14.8. The van der Waals surface area contributed by atoms with Crippen LogP contribution in [0, 0.1) is 0 Å². The van der Waals surface area contributed by atoms with Gasteiger partial charge in [-0.25, -0.2) is 10.4 Å². The Labute approximate surface area is 189 Å². The Kier molecular flexibility index (Phi) is 6.52. The second kappa shape index (κ2) is 9.66. The van der Waals surface area contributed by atoms with Crippen molar-refractivity contribution in [3.63, 3.8) is 0 Å². The Hall–Kier alpha value is -3.32. The number of imidazole rings is 1. The molecule has 1 heterocycles. The van der Waals surface area contributed by atoms with Gasteiger partial charge in [-0.2, -0.15) is 5.10 Å². The number of hydrazone groups is 1. The van der Waals surface area contributed by atoms with Crippen molar-refractivity contribution in [1.29, 1.82) is 0 Å². The number of rotatable bonds is 8. The van der Waals surface area contributed by atoms with Gasteiger partial charge in [0.2, 0.25) is 5.95 Å². The lowest BCUT2D eigenvalue weighted by atomic mass is 10.2. The molecule has 4 rings (SSSR count). The molecule has 6 nitrogen and oxygen atoms in total. The van der Waals surface area contributed by atoms with Crippen LogP contribution in [0.4, 0.5) is 5.95 Å². The molecule has 0 saturated carbocycles. The maximum Gasteiger partial charge on any atom is 0.224 e. The quantitative estimate of drug-likeness (QED) is 0.258. The highest BCUT2D eigenvalue weighted by Gasteiger charge is 2.08. The first kappa shape index (κ1) is 20.9. The van der Waals surface area contributed by atoms with Crippen molar-refractivity contribution >= 4 is 39.1 Å². The van der Waals surface area contributed by atoms with Crippen molar-refractivity contribution < 1.29 is 9.47 Å². The van der Waals surface area contributed by atoms with Gasteiger partial charge >= 0.3 is 0 Å². The van der Waals surface area contributed by atoms with Crippen molar-refractivity contribution in [3.05, 3.63) is 82.3 Å². The summed E-state index contributed by atoms with van der Waals surface area (Å²) >= 11 is 3.45. The van der Waals surface area contributed by atoms with Gasteiger partial charge in [0.25, 0.3) is 0 Å². The van der Waals surface area contributed by atoms with E-state index in [0.29, 0.717) is 30.7 Å². The highest BCUT2D eigenvalue weighted by atomic mass is 79.9. The summed E-state index contributed by atoms with van der Waals surface area (Å²) in [5.74, 6) is 2.06. The first-order valence-corrected chi connectivity index (χ1v) is 10.8. The summed E-state index contributed by atoms with van der Waals surface area (Å²) in [7, 11) is 1.96. The molecule has 0 radical (unpaired) electrons. The summed E-state index contributed by atoms with van der Waals surface area (Å²) in [5.41, 5.74) is 6.97. The second-order valence-corrected chi connectivity index (χ2v) is 7.82. The number of nitrogens with one attached hydrogen (secondary N) is 1. The van der Waals surface area contributed by atoms with Crippen LogP contribution in [0.5, 0.6) is 11.5 Å². The van der Waals surface area contributed by atoms with E-state index < -0.39 is 0 Å². The standard InChI is InChI=1S/C24H23BrN4O2/c1-3-30-23-14-18(10-13-22(23)31-16-17-8-11-19(25)12-9-17)15-26-28-24-27-20-6-4-5-7-21(20)29(24)2/h4-15H,3,16H2,1-2H3,(H,27,28)/b26-15-. The number of aromatic nitrogens is 2. The Morgan fingerprint density at radius 3 is 2.61 bits per heavy atom. The third kappa shape index (κ3) is 5.06. The zero-order valence-corrected chi connectivity index (χ0v) is 19.0. The molecule has 1 N–H and O–H groups in total. The van der Waals surface area contributed by atoms with Crippen LogP contribution in [0.2, 0.25) is 0 Å². The number of nitrogens with zero attached hydrogens (tertiary/aromatic N) is 3. The zero-order chi connectivity index (χ0) is 21.6. The number of halogens is 1. The Bertz CT molecular complexity index is 1200. The van der Waals surface area contributed by atoms with Crippen LogP contribution < -0.4 is 14.9 Å². The van der Waals surface area contributed by atoms with Gasteiger partial charge in [0, 0.05) is 11.5 Å². The van der Waals surface area contributed by atoms with E-state index in [9.17, 15) is 0 Å². The molecule has 31 heavy (non-hydrogen) atoms. The molecule has 0 atom stereocenters. The predicted octanol–water partition coefficient (Wildman–Crippen LogP) is 5.76. The van der Waals surface area contributed by atoms with E-state index in [0.717, 1.165) is 26.6 Å². The van der Waals surface area contributed by atoms with Crippen molar-refractivity contribution in [2.24, 2.45) is 12.1 Å². The fourth-order valence-corrected chi connectivity index (χ4v) is 3.41. The molecule has 0 aliphatic carbocycles. The maximum absolute atomic E-state index is 5.98. The van der Waals surface area contributed by atoms with E-state index >= 15 is 0 Å². The topological polar surface area (TPSA) is 60.7 Å². The van der Waals surface area contributed by atoms with E-state index in [1.807, 2.05) is 85.3 Å². The van der Waals surface area contributed by atoms with E-state index in [1.165, 1.54) is 0 Å². The maximum atomic E-state index is 5.98. The number of anilines is 1. The molecule has 0 spiro atoms. The molecular weight excluding hydrogens is 456 g/mol. The summed E-state index contributed by atoms with van der Waals surface area (Å²) in [4.78, 5) is 4.55. The van der Waals surface area contributed by atoms with Gasteiger partial charge in [-0.1, -0.05) is 40.2 Å². The van der Waals surface area contributed by atoms with Crippen molar-refractivity contribution in [2.45, 2.75) is 13.5 Å². The smallest absolute Gasteiger partial charge is 0.224 e. The molecule has 0 aliphatic heterocycles. The molecule has 0 fully saturated rings. The molecule has 1 aromatic heterocycles. The lowest BCUT2D eigenvalue weighted by Gasteiger charge is -2.12. The third-order valence-electron chi connectivity index (χ3n) is 4.74. The normalized spacial score (nSPS) is 11.2. The van der Waals surface area contributed by atoms with Crippen LogP contribution in [0.1, 0.15) is 18.1 Å². The minimum Gasteiger partial charge on any atom is -0.490 e. The molecule has 0 amide bonds. The molecule has 0 saturated heterocycles. The van der Waals surface area contributed by atoms with Gasteiger partial charge < -0.3 is 14.0 Å². The lowest BCUT2D eigenvalue weighted by Crippen LogP contribution is -2.01. The summed E-state index contributed by atoms with van der Waals surface area (Å²) in [6.07, 6.45) is 1.74. The summed E-state index contributed by atoms with van der Waals surface area (Å²) in [6.45, 7) is 2.97. The van der Waals surface area contributed by atoms with E-state index in [-0.39, 0.29) is 0 Å². The fourth-order valence-electron chi connectivity index (χ4n) is 3.14. The average Bonchev–Trinajstić information content (AvgIpc) is 3.10. The van der Waals surface area contributed by atoms with Crippen LogP contribution >= 0.6 is 15.9 Å². The van der Waals surface area contributed by atoms with Crippen LogP contribution in [-0.2, 0) is 13.7 Å². The highest BCUT2D eigenvalue weighted by Crippen LogP contribution is 2.29. The number of benzene rings is 3. The number of fused-ring (bicyclic) bond motifs is 1. The highest BCUT2D eigenvalue weighted by molar-refractivity contribution is 9.10. The average molecular weight is 479 g/mol. The minimum atomic E-state index is 0.467. The molecule has 4 aromatic rings. The van der Waals surface area contributed by atoms with Crippen LogP contribution in [0.25, 0.3) is 11.0 Å². The van der Waals surface area contributed by atoms with Crippen molar-refractivity contribution in [1.82, 2.24) is 9.55 Å². The Balaban J connectivity index is 1.46. The Morgan fingerprint density at radius 2 is 1.84 bits per heavy atom. The van der Waals surface area contributed by atoms with Crippen LogP contribution in [-0.4, -0.2) is 22.4 Å². The molecular formula is C24H23BrN4O2. The van der Waals surface area contributed by atoms with Gasteiger partial charge in [0.15, 0.2) is 11.5 Å². The van der Waals surface area contributed by atoms with Crippen LogP contribution in [0.15, 0.2) is 76.3 Å². The van der Waals surface area contributed by atoms with Gasteiger partial charge in [-0.05, 0) is 60.5 Å². The largest absolute Gasteiger partial charge is 0.490 e. The number of para-hydroxylation sites is 2. The first-order valence-electron chi connectivity index (χ1n) is 9.98. The van der Waals surface area contributed by atoms with Gasteiger partial charge in [0.05, 0.1) is 23.9 Å². The number of hydrogen-bond donors (Lipinski definition) is 1. The molecule has 0 unspecified atom stereocenters. The SMILES string of the molecule is CCOc1cc(/C=N\Nc2nc3ccccc3n2C)ccc1OCc1ccc(Br)cc1. The van der Waals surface area contributed by atoms with Gasteiger partial charge in [0.1, 0.15) is 6.61 Å². The number of hydrogen-bond acceptors (Lipinski definition) is 5. The van der Waals surface area contributed by atoms with Crippen molar-refractivity contribution in [2.75, 3.05) is 12.0 Å². The lowest BCUT2D eigenvalue weighted by molar-refractivity contribution is 0.269. The minimum absolute atomic E-state index is 0.467. The number of ether oxygens (including phenoxy) is 2. The molecule has 0 aliphatic rings. The molecule has 3 aromatic carbocycles. The monoisotopic (exact) mass is 478 g/mol. The van der Waals surface area contributed by atoms with Crippen molar-refractivity contribution in [3.8, 4) is 11.5 Å². The molecule has 158 valence electrons. The van der Waals surface area contributed by atoms with E-state index in [4.69, 9.17) is 9.47 Å². The molecule has 7 heteroatoms.